The van der Waals surface area contributed by atoms with Crippen molar-refractivity contribution in [3.05, 3.63) is 67.1 Å². The maximum atomic E-state index is 12.7. The van der Waals surface area contributed by atoms with Crippen molar-refractivity contribution in [2.75, 3.05) is 36.4 Å². The van der Waals surface area contributed by atoms with Gasteiger partial charge in [-0.2, -0.15) is 0 Å². The number of nitrogens with one attached hydrogen (secondary N) is 1. The minimum atomic E-state index is -0.121. The predicted molar refractivity (Wildman–Crippen MR) is 114 cm³/mol. The largest absolute Gasteiger partial charge is 0.423 e. The molecule has 8 nitrogen and oxygen atoms in total. The van der Waals surface area contributed by atoms with Gasteiger partial charge in [0, 0.05) is 42.8 Å². The summed E-state index contributed by atoms with van der Waals surface area (Å²) >= 11 is 0. The summed E-state index contributed by atoms with van der Waals surface area (Å²) in [6.45, 7) is 2.73. The molecule has 2 aromatic carbocycles. The monoisotopic (exact) mass is 400 g/mol. The molecule has 30 heavy (non-hydrogen) atoms. The van der Waals surface area contributed by atoms with Crippen LogP contribution >= 0.6 is 0 Å². The molecule has 0 atom stereocenters. The summed E-state index contributed by atoms with van der Waals surface area (Å²) in [5.41, 5.74) is 2.43. The standard InChI is InChI=1S/C22H20N6O2/c29-22(24-18-6-3-5-17(14-18)21-26-23-15-30-21)28-12-10-27(11-13-28)20-9-8-16-4-1-2-7-19(16)25-20/h1-9,14-15H,10-13H2,(H,24,29). The Bertz CT molecular complexity index is 1170. The highest BCUT2D eigenvalue weighted by Gasteiger charge is 2.22. The van der Waals surface area contributed by atoms with Gasteiger partial charge in [0.25, 0.3) is 0 Å². The van der Waals surface area contributed by atoms with Gasteiger partial charge < -0.3 is 19.5 Å². The van der Waals surface area contributed by atoms with Gasteiger partial charge >= 0.3 is 6.03 Å². The van der Waals surface area contributed by atoms with E-state index in [2.05, 4.69) is 32.5 Å². The number of aromatic nitrogens is 3. The maximum Gasteiger partial charge on any atom is 0.321 e. The molecule has 1 aliphatic heterocycles. The lowest BCUT2D eigenvalue weighted by Gasteiger charge is -2.35. The molecule has 1 saturated heterocycles. The summed E-state index contributed by atoms with van der Waals surface area (Å²) in [6.07, 6.45) is 1.28. The number of hydrogen-bond donors (Lipinski definition) is 1. The molecule has 1 aliphatic rings. The predicted octanol–water partition coefficient (Wildman–Crippen LogP) is 3.64. The Morgan fingerprint density at radius 1 is 0.967 bits per heavy atom. The second-order valence-corrected chi connectivity index (χ2v) is 7.09. The van der Waals surface area contributed by atoms with Crippen LogP contribution in [0.25, 0.3) is 22.4 Å². The SMILES string of the molecule is O=C(Nc1cccc(-c2nnco2)c1)N1CCN(c2ccc3ccccc3n2)CC1. The van der Waals surface area contributed by atoms with Gasteiger partial charge in [0.05, 0.1) is 5.52 Å². The zero-order valence-electron chi connectivity index (χ0n) is 16.2. The molecule has 3 heterocycles. The lowest BCUT2D eigenvalue weighted by Crippen LogP contribution is -2.50. The fourth-order valence-electron chi connectivity index (χ4n) is 3.60. The zero-order chi connectivity index (χ0) is 20.3. The van der Waals surface area contributed by atoms with Crippen LogP contribution in [0.5, 0.6) is 0 Å². The van der Waals surface area contributed by atoms with E-state index in [1.165, 1.54) is 6.39 Å². The van der Waals surface area contributed by atoms with Crippen molar-refractivity contribution in [3.8, 4) is 11.5 Å². The first-order valence-corrected chi connectivity index (χ1v) is 9.79. The Labute approximate surface area is 173 Å². The van der Waals surface area contributed by atoms with Crippen molar-refractivity contribution in [1.29, 1.82) is 0 Å². The first kappa shape index (κ1) is 18.1. The minimum Gasteiger partial charge on any atom is -0.423 e. The highest BCUT2D eigenvalue weighted by molar-refractivity contribution is 5.90. The Morgan fingerprint density at radius 3 is 2.67 bits per heavy atom. The lowest BCUT2D eigenvalue weighted by atomic mass is 10.2. The molecular formula is C22H20N6O2. The number of nitrogens with zero attached hydrogens (tertiary/aromatic N) is 5. The summed E-state index contributed by atoms with van der Waals surface area (Å²) in [5.74, 6) is 1.36. The van der Waals surface area contributed by atoms with Gasteiger partial charge in [0.15, 0.2) is 0 Å². The Kier molecular flexibility index (Phi) is 4.72. The van der Waals surface area contributed by atoms with Crippen LogP contribution < -0.4 is 10.2 Å². The Balaban J connectivity index is 1.22. The van der Waals surface area contributed by atoms with Crippen LogP contribution in [0.15, 0.2) is 71.5 Å². The van der Waals surface area contributed by atoms with Crippen LogP contribution in [0.3, 0.4) is 0 Å². The third-order valence-electron chi connectivity index (χ3n) is 5.20. The van der Waals surface area contributed by atoms with Crippen LogP contribution in [0.4, 0.5) is 16.3 Å². The number of hydrogen-bond acceptors (Lipinski definition) is 6. The summed E-state index contributed by atoms with van der Waals surface area (Å²) in [6, 6.07) is 19.5. The molecule has 0 bridgehead atoms. The summed E-state index contributed by atoms with van der Waals surface area (Å²) < 4.78 is 5.22. The fraction of sp³-hybridized carbons (Fsp3) is 0.182. The van der Waals surface area contributed by atoms with Gasteiger partial charge in [-0.15, -0.1) is 10.2 Å². The number of anilines is 2. The van der Waals surface area contributed by atoms with E-state index >= 15 is 0 Å². The van der Waals surface area contributed by atoms with Gasteiger partial charge in [0.1, 0.15) is 5.82 Å². The third kappa shape index (κ3) is 3.67. The molecule has 2 aromatic heterocycles. The molecular weight excluding hydrogens is 380 g/mol. The van der Waals surface area contributed by atoms with E-state index < -0.39 is 0 Å². The number of carbonyl (C=O) groups excluding carboxylic acids is 1. The second kappa shape index (κ2) is 7.82. The van der Waals surface area contributed by atoms with E-state index in [1.54, 1.807) is 0 Å². The number of pyridine rings is 1. The Hall–Kier alpha value is -3.94. The number of benzene rings is 2. The molecule has 0 spiro atoms. The molecule has 0 aliphatic carbocycles. The number of carbonyl (C=O) groups is 1. The van der Waals surface area contributed by atoms with Gasteiger partial charge in [0.2, 0.25) is 12.3 Å². The fourth-order valence-corrected chi connectivity index (χ4v) is 3.60. The van der Waals surface area contributed by atoms with E-state index in [0.717, 1.165) is 35.4 Å². The summed E-state index contributed by atoms with van der Waals surface area (Å²) in [7, 11) is 0. The van der Waals surface area contributed by atoms with Crippen molar-refractivity contribution in [1.82, 2.24) is 20.1 Å². The van der Waals surface area contributed by atoms with E-state index in [4.69, 9.17) is 9.40 Å². The summed E-state index contributed by atoms with van der Waals surface area (Å²) in [5, 5.41) is 11.7. The van der Waals surface area contributed by atoms with Gasteiger partial charge in [-0.1, -0.05) is 24.3 Å². The Morgan fingerprint density at radius 2 is 1.83 bits per heavy atom. The van der Waals surface area contributed by atoms with Gasteiger partial charge in [-0.3, -0.25) is 0 Å². The summed E-state index contributed by atoms with van der Waals surface area (Å²) in [4.78, 5) is 21.5. The highest BCUT2D eigenvalue weighted by Crippen LogP contribution is 2.22. The number of piperazine rings is 1. The van der Waals surface area contributed by atoms with E-state index in [0.29, 0.717) is 24.7 Å². The first-order valence-electron chi connectivity index (χ1n) is 9.79. The molecule has 0 radical (unpaired) electrons. The van der Waals surface area contributed by atoms with Crippen LogP contribution in [0.2, 0.25) is 0 Å². The quantitative estimate of drug-likeness (QED) is 0.565. The second-order valence-electron chi connectivity index (χ2n) is 7.09. The van der Waals surface area contributed by atoms with Crippen molar-refractivity contribution < 1.29 is 9.21 Å². The van der Waals surface area contributed by atoms with Crippen molar-refractivity contribution in [3.63, 3.8) is 0 Å². The lowest BCUT2D eigenvalue weighted by molar-refractivity contribution is 0.208. The van der Waals surface area contributed by atoms with Gasteiger partial charge in [-0.05, 0) is 36.4 Å². The highest BCUT2D eigenvalue weighted by atomic mass is 16.4. The van der Waals surface area contributed by atoms with Crippen molar-refractivity contribution >= 4 is 28.4 Å². The molecule has 0 unspecified atom stereocenters. The smallest absolute Gasteiger partial charge is 0.321 e. The van der Waals surface area contributed by atoms with Crippen LogP contribution in [0, 0.1) is 0 Å². The van der Waals surface area contributed by atoms with Crippen LogP contribution in [0.1, 0.15) is 0 Å². The van der Waals surface area contributed by atoms with Gasteiger partial charge in [-0.25, -0.2) is 9.78 Å². The number of fused-ring (bicyclic) bond motifs is 1. The number of para-hydroxylation sites is 1. The minimum absolute atomic E-state index is 0.121. The normalized spacial score (nSPS) is 14.1. The number of amides is 2. The molecule has 150 valence electrons. The number of urea groups is 1. The van der Waals surface area contributed by atoms with Crippen molar-refractivity contribution in [2.45, 2.75) is 0 Å². The molecule has 5 rings (SSSR count). The molecule has 8 heteroatoms. The average Bonchev–Trinajstić information content (AvgIpc) is 3.34. The van der Waals surface area contributed by atoms with E-state index in [-0.39, 0.29) is 6.03 Å². The molecule has 0 saturated carbocycles. The maximum absolute atomic E-state index is 12.7. The number of rotatable bonds is 3. The topological polar surface area (TPSA) is 87.4 Å². The van der Waals surface area contributed by atoms with E-state index in [9.17, 15) is 4.79 Å². The molecule has 1 N–H and O–H groups in total. The zero-order valence-corrected chi connectivity index (χ0v) is 16.2. The average molecular weight is 400 g/mol. The first-order chi connectivity index (χ1) is 14.8. The molecule has 4 aromatic rings. The van der Waals surface area contributed by atoms with Crippen molar-refractivity contribution in [2.24, 2.45) is 0 Å². The third-order valence-corrected chi connectivity index (χ3v) is 5.20. The molecule has 2 amide bonds. The van der Waals surface area contributed by atoms with Crippen LogP contribution in [-0.4, -0.2) is 52.3 Å². The molecule has 1 fully saturated rings. The van der Waals surface area contributed by atoms with Crippen LogP contribution in [-0.2, 0) is 0 Å². The van der Waals surface area contributed by atoms with E-state index in [1.807, 2.05) is 53.4 Å².